The number of ether oxygens (including phenoxy) is 1. The Morgan fingerprint density at radius 3 is 2.88 bits per heavy atom. The molecule has 0 bridgehead atoms. The number of anilines is 1. The fraction of sp³-hybridized carbons (Fsp3) is 0.632. The molecule has 1 aromatic rings. The molecule has 0 aromatic heterocycles. The predicted molar refractivity (Wildman–Crippen MR) is 111 cm³/mol. The van der Waals surface area contributed by atoms with Gasteiger partial charge in [-0.3, -0.25) is 4.99 Å². The van der Waals surface area contributed by atoms with Gasteiger partial charge < -0.3 is 25.2 Å². The fourth-order valence-electron chi connectivity index (χ4n) is 3.00. The maximum Gasteiger partial charge on any atom is 0.191 e. The summed E-state index contributed by atoms with van der Waals surface area (Å²) >= 11 is 6.17. The van der Waals surface area contributed by atoms with Gasteiger partial charge in [0.05, 0.1) is 12.8 Å². The number of benzene rings is 1. The van der Waals surface area contributed by atoms with Crippen LogP contribution >= 0.6 is 11.6 Å². The van der Waals surface area contributed by atoms with Crippen LogP contribution in [0.25, 0.3) is 0 Å². The fourth-order valence-corrected chi connectivity index (χ4v) is 3.17. The first-order valence-electron chi connectivity index (χ1n) is 9.20. The topological polar surface area (TPSA) is 52.1 Å². The number of guanidine groups is 1. The Kier molecular flexibility index (Phi) is 7.85. The van der Waals surface area contributed by atoms with E-state index in [0.29, 0.717) is 12.1 Å². The molecule has 146 valence electrons. The summed E-state index contributed by atoms with van der Waals surface area (Å²) < 4.78 is 5.48. The summed E-state index contributed by atoms with van der Waals surface area (Å²) in [6, 6.07) is 6.63. The third kappa shape index (κ3) is 5.68. The lowest BCUT2D eigenvalue weighted by Crippen LogP contribution is -2.46. The average molecular weight is 382 g/mol. The van der Waals surface area contributed by atoms with E-state index in [-0.39, 0.29) is 0 Å². The second-order valence-corrected chi connectivity index (χ2v) is 7.40. The maximum atomic E-state index is 6.17. The minimum atomic E-state index is 0.340. The van der Waals surface area contributed by atoms with Gasteiger partial charge in [0, 0.05) is 50.3 Å². The Morgan fingerprint density at radius 2 is 2.23 bits per heavy atom. The summed E-state index contributed by atoms with van der Waals surface area (Å²) in [5.74, 6) is 1.71. The quantitative estimate of drug-likeness (QED) is 0.561. The van der Waals surface area contributed by atoms with E-state index in [4.69, 9.17) is 16.3 Å². The minimum Gasteiger partial charge on any atom is -0.495 e. The van der Waals surface area contributed by atoms with Crippen molar-refractivity contribution in [3.63, 3.8) is 0 Å². The second-order valence-electron chi connectivity index (χ2n) is 6.97. The molecule has 0 amide bonds. The number of hydrogen-bond donors (Lipinski definition) is 2. The highest BCUT2D eigenvalue weighted by Crippen LogP contribution is 2.33. The zero-order valence-corrected chi connectivity index (χ0v) is 17.3. The third-order valence-corrected chi connectivity index (χ3v) is 5.11. The second kappa shape index (κ2) is 9.88. The predicted octanol–water partition coefficient (Wildman–Crippen LogP) is 2.43. The molecule has 1 saturated heterocycles. The van der Waals surface area contributed by atoms with Crippen molar-refractivity contribution in [3.05, 3.63) is 23.2 Å². The van der Waals surface area contributed by atoms with Crippen LogP contribution in [-0.4, -0.2) is 70.3 Å². The van der Waals surface area contributed by atoms with Crippen LogP contribution in [0.5, 0.6) is 5.75 Å². The molecule has 1 aliphatic heterocycles. The molecular weight excluding hydrogens is 350 g/mol. The highest BCUT2D eigenvalue weighted by molar-refractivity contribution is 6.30. The van der Waals surface area contributed by atoms with Crippen LogP contribution in [-0.2, 0) is 0 Å². The molecule has 1 atom stereocenters. The zero-order valence-electron chi connectivity index (χ0n) is 16.6. The lowest BCUT2D eigenvalue weighted by Gasteiger charge is -2.23. The van der Waals surface area contributed by atoms with Crippen molar-refractivity contribution in [3.8, 4) is 5.75 Å². The van der Waals surface area contributed by atoms with Crippen LogP contribution in [0.1, 0.15) is 20.3 Å². The minimum absolute atomic E-state index is 0.340. The highest BCUT2D eigenvalue weighted by atomic mass is 35.5. The summed E-state index contributed by atoms with van der Waals surface area (Å²) in [7, 11) is 5.64. The summed E-state index contributed by atoms with van der Waals surface area (Å²) in [6.07, 6.45) is 1.04. The largest absolute Gasteiger partial charge is 0.495 e. The van der Waals surface area contributed by atoms with E-state index in [1.165, 1.54) is 0 Å². The Balaban J connectivity index is 1.87. The standard InChI is InChI=1S/C19H32ClN5O/c1-14(2)24(4)11-9-22-19(21-3)23-16-8-10-25(13-16)17-12-15(20)6-7-18(17)26-5/h6-7,12,14,16H,8-11,13H2,1-5H3,(H2,21,22,23). The lowest BCUT2D eigenvalue weighted by molar-refractivity contribution is 0.278. The monoisotopic (exact) mass is 381 g/mol. The van der Waals surface area contributed by atoms with Gasteiger partial charge >= 0.3 is 0 Å². The van der Waals surface area contributed by atoms with Crippen molar-refractivity contribution in [1.82, 2.24) is 15.5 Å². The van der Waals surface area contributed by atoms with Gasteiger partial charge in [-0.25, -0.2) is 0 Å². The normalized spacial score (nSPS) is 17.9. The Hall–Kier alpha value is -1.66. The molecule has 0 spiro atoms. The number of rotatable bonds is 7. The van der Waals surface area contributed by atoms with Crippen LogP contribution in [0.2, 0.25) is 5.02 Å². The van der Waals surface area contributed by atoms with Gasteiger partial charge in [-0.2, -0.15) is 0 Å². The molecule has 0 radical (unpaired) electrons. The summed E-state index contributed by atoms with van der Waals surface area (Å²) in [5.41, 5.74) is 1.05. The van der Waals surface area contributed by atoms with Gasteiger partial charge in [-0.1, -0.05) is 11.6 Å². The van der Waals surface area contributed by atoms with Crippen molar-refractivity contribution < 1.29 is 4.74 Å². The first-order valence-corrected chi connectivity index (χ1v) is 9.58. The molecule has 2 N–H and O–H groups in total. The molecule has 6 nitrogen and oxygen atoms in total. The average Bonchev–Trinajstić information content (AvgIpc) is 3.08. The smallest absolute Gasteiger partial charge is 0.191 e. The van der Waals surface area contributed by atoms with Crippen LogP contribution in [0, 0.1) is 0 Å². The number of aliphatic imine (C=N–C) groups is 1. The van der Waals surface area contributed by atoms with Gasteiger partial charge in [-0.15, -0.1) is 0 Å². The SMILES string of the molecule is CN=C(NCCN(C)C(C)C)NC1CCN(c2cc(Cl)ccc2OC)C1. The molecule has 1 fully saturated rings. The van der Waals surface area contributed by atoms with Gasteiger partial charge in [0.1, 0.15) is 5.75 Å². The van der Waals surface area contributed by atoms with Gasteiger partial charge in [0.15, 0.2) is 5.96 Å². The van der Waals surface area contributed by atoms with E-state index in [0.717, 1.165) is 55.0 Å². The first-order chi connectivity index (χ1) is 12.4. The van der Waals surface area contributed by atoms with Gasteiger partial charge in [0.2, 0.25) is 0 Å². The van der Waals surface area contributed by atoms with E-state index < -0.39 is 0 Å². The van der Waals surface area contributed by atoms with Gasteiger partial charge in [0.25, 0.3) is 0 Å². The first kappa shape index (κ1) is 20.6. The zero-order chi connectivity index (χ0) is 19.1. The van der Waals surface area contributed by atoms with Crippen LogP contribution in [0.15, 0.2) is 23.2 Å². The van der Waals surface area contributed by atoms with Crippen molar-refractivity contribution >= 4 is 23.2 Å². The lowest BCUT2D eigenvalue weighted by atomic mass is 10.2. The molecule has 1 unspecified atom stereocenters. The number of halogens is 1. The Labute approximate surface area is 162 Å². The van der Waals surface area contributed by atoms with Crippen molar-refractivity contribution in [1.29, 1.82) is 0 Å². The summed E-state index contributed by atoms with van der Waals surface area (Å²) in [5, 5.41) is 7.65. The van der Waals surface area contributed by atoms with E-state index in [2.05, 4.69) is 46.3 Å². The number of nitrogens with zero attached hydrogens (tertiary/aromatic N) is 3. The number of methoxy groups -OCH3 is 1. The van der Waals surface area contributed by atoms with Gasteiger partial charge in [-0.05, 0) is 45.5 Å². The van der Waals surface area contributed by atoms with E-state index in [1.54, 1.807) is 7.11 Å². The Bertz CT molecular complexity index is 608. The van der Waals surface area contributed by atoms with Crippen LogP contribution in [0.3, 0.4) is 0 Å². The number of hydrogen-bond acceptors (Lipinski definition) is 4. The van der Waals surface area contributed by atoms with E-state index >= 15 is 0 Å². The van der Waals surface area contributed by atoms with E-state index in [1.807, 2.05) is 25.2 Å². The number of nitrogens with one attached hydrogen (secondary N) is 2. The van der Waals surface area contributed by atoms with Crippen molar-refractivity contribution in [2.45, 2.75) is 32.4 Å². The highest BCUT2D eigenvalue weighted by Gasteiger charge is 2.25. The van der Waals surface area contributed by atoms with Crippen LogP contribution in [0.4, 0.5) is 5.69 Å². The summed E-state index contributed by atoms with van der Waals surface area (Å²) in [6.45, 7) is 8.10. The van der Waals surface area contributed by atoms with Crippen LogP contribution < -0.4 is 20.3 Å². The molecule has 0 aliphatic carbocycles. The molecular formula is C19H32ClN5O. The van der Waals surface area contributed by atoms with Crippen molar-refractivity contribution in [2.75, 3.05) is 52.3 Å². The maximum absolute atomic E-state index is 6.17. The number of likely N-dealkylation sites (N-methyl/N-ethyl adjacent to an activating group) is 1. The Morgan fingerprint density at radius 1 is 1.46 bits per heavy atom. The van der Waals surface area contributed by atoms with Crippen molar-refractivity contribution in [2.24, 2.45) is 4.99 Å². The molecule has 1 heterocycles. The molecule has 1 aliphatic rings. The van der Waals surface area contributed by atoms with E-state index in [9.17, 15) is 0 Å². The molecule has 2 rings (SSSR count). The molecule has 7 heteroatoms. The molecule has 1 aromatic carbocycles. The summed E-state index contributed by atoms with van der Waals surface area (Å²) in [4.78, 5) is 8.97. The third-order valence-electron chi connectivity index (χ3n) is 4.87. The molecule has 0 saturated carbocycles. The molecule has 26 heavy (non-hydrogen) atoms.